The molecule has 0 aliphatic rings. The van der Waals surface area contributed by atoms with Crippen LogP contribution in [-0.4, -0.2) is 40.6 Å². The van der Waals surface area contributed by atoms with Gasteiger partial charge in [0, 0.05) is 18.8 Å². The van der Waals surface area contributed by atoms with Crippen molar-refractivity contribution in [3.05, 3.63) is 40.5 Å². The molecule has 0 aliphatic heterocycles. The number of aromatic nitrogens is 3. The zero-order valence-electron chi connectivity index (χ0n) is 16.1. The normalized spacial score (nSPS) is 12.1. The first kappa shape index (κ1) is 19.3. The maximum absolute atomic E-state index is 12.5. The highest BCUT2D eigenvalue weighted by molar-refractivity contribution is 7.16. The molecule has 1 amide bonds. The molecular weight excluding hydrogens is 364 g/mol. The van der Waals surface area contributed by atoms with Crippen LogP contribution in [0, 0.1) is 13.8 Å². The molecule has 0 fully saturated rings. The molecule has 2 aromatic heterocycles. The highest BCUT2D eigenvalue weighted by Crippen LogP contribution is 2.23. The number of benzene rings is 1. The summed E-state index contributed by atoms with van der Waals surface area (Å²) in [5.41, 5.74) is 2.85. The van der Waals surface area contributed by atoms with Crippen molar-refractivity contribution >= 4 is 27.5 Å². The minimum absolute atomic E-state index is 0.128. The van der Waals surface area contributed by atoms with Crippen molar-refractivity contribution in [3.8, 4) is 5.75 Å². The molecule has 0 saturated heterocycles. The summed E-state index contributed by atoms with van der Waals surface area (Å²) in [6.07, 6.45) is 0. The Bertz CT molecular complexity index is 1020. The molecule has 0 aliphatic carbocycles. The number of nitrogens with zero attached hydrogens (tertiary/aromatic N) is 4. The Kier molecular flexibility index (Phi) is 6.08. The second-order valence-corrected chi connectivity index (χ2v) is 7.17. The van der Waals surface area contributed by atoms with E-state index in [-0.39, 0.29) is 12.5 Å². The maximum Gasteiger partial charge on any atom is 0.270 e. The molecule has 0 unspecified atom stereocenters. The fourth-order valence-corrected chi connectivity index (χ4v) is 3.99. The summed E-state index contributed by atoms with van der Waals surface area (Å²) >= 11 is 1.47. The Morgan fingerprint density at radius 2 is 2.11 bits per heavy atom. The van der Waals surface area contributed by atoms with Gasteiger partial charge in [-0.3, -0.25) is 9.48 Å². The number of carbonyl (C=O) groups is 1. The van der Waals surface area contributed by atoms with Crippen LogP contribution in [-0.2, 0) is 22.6 Å². The molecule has 3 aromatic rings. The molecular formula is C19H24N4O3S. The summed E-state index contributed by atoms with van der Waals surface area (Å²) in [5, 5.41) is 4.34. The standard InChI is InChI=1S/C19H24N4O3S/c1-5-26-9-8-22-16-7-6-15(25-4)11-17(16)27-19(22)20-18(24)12-23-14(3)10-13(2)21-23/h6-7,10-11H,5,8-9,12H2,1-4H3. The number of hydrogen-bond acceptors (Lipinski definition) is 5. The second kappa shape index (κ2) is 8.49. The lowest BCUT2D eigenvalue weighted by Gasteiger charge is -2.06. The molecule has 8 heteroatoms. The summed E-state index contributed by atoms with van der Waals surface area (Å²) in [7, 11) is 1.64. The van der Waals surface area contributed by atoms with E-state index in [1.165, 1.54) is 11.3 Å². The molecule has 27 heavy (non-hydrogen) atoms. The summed E-state index contributed by atoms with van der Waals surface area (Å²) in [5.74, 6) is 0.547. The second-order valence-electron chi connectivity index (χ2n) is 6.16. The average molecular weight is 388 g/mol. The molecule has 0 bridgehead atoms. The van der Waals surface area contributed by atoms with Crippen molar-refractivity contribution in [1.29, 1.82) is 0 Å². The number of thiazole rings is 1. The smallest absolute Gasteiger partial charge is 0.270 e. The van der Waals surface area contributed by atoms with Gasteiger partial charge in [0.25, 0.3) is 5.91 Å². The zero-order valence-corrected chi connectivity index (χ0v) is 16.9. The summed E-state index contributed by atoms with van der Waals surface area (Å²) in [6.45, 7) is 7.78. The number of ether oxygens (including phenoxy) is 2. The largest absolute Gasteiger partial charge is 0.497 e. The lowest BCUT2D eigenvalue weighted by Crippen LogP contribution is -2.21. The number of hydrogen-bond donors (Lipinski definition) is 0. The molecule has 0 radical (unpaired) electrons. The molecule has 0 atom stereocenters. The predicted octanol–water partition coefficient (Wildman–Crippen LogP) is 2.69. The Balaban J connectivity index is 1.97. The predicted molar refractivity (Wildman–Crippen MR) is 105 cm³/mol. The first-order valence-electron chi connectivity index (χ1n) is 8.85. The van der Waals surface area contributed by atoms with Crippen molar-refractivity contribution in [1.82, 2.24) is 14.3 Å². The summed E-state index contributed by atoms with van der Waals surface area (Å²) in [4.78, 5) is 17.6. The van der Waals surface area contributed by atoms with E-state index in [1.54, 1.807) is 11.8 Å². The van der Waals surface area contributed by atoms with Crippen LogP contribution in [0.1, 0.15) is 18.3 Å². The molecule has 1 aromatic carbocycles. The summed E-state index contributed by atoms with van der Waals surface area (Å²) < 4.78 is 15.5. The van der Waals surface area contributed by atoms with Crippen molar-refractivity contribution in [3.63, 3.8) is 0 Å². The van der Waals surface area contributed by atoms with Crippen LogP contribution in [0.3, 0.4) is 0 Å². The first-order valence-corrected chi connectivity index (χ1v) is 9.67. The fraction of sp³-hybridized carbons (Fsp3) is 0.421. The van der Waals surface area contributed by atoms with Crippen LogP contribution >= 0.6 is 11.3 Å². The van der Waals surface area contributed by atoms with E-state index >= 15 is 0 Å². The molecule has 0 spiro atoms. The third kappa shape index (κ3) is 4.45. The van der Waals surface area contributed by atoms with Gasteiger partial charge in [-0.05, 0) is 45.0 Å². The van der Waals surface area contributed by atoms with Gasteiger partial charge in [-0.1, -0.05) is 11.3 Å². The van der Waals surface area contributed by atoms with Gasteiger partial charge in [0.15, 0.2) is 4.80 Å². The Hall–Kier alpha value is -2.45. The average Bonchev–Trinajstić information content (AvgIpc) is 3.13. The zero-order chi connectivity index (χ0) is 19.4. The van der Waals surface area contributed by atoms with Crippen molar-refractivity contribution in [2.75, 3.05) is 20.3 Å². The number of amides is 1. The molecule has 3 rings (SSSR count). The molecule has 0 saturated carbocycles. The molecule has 7 nitrogen and oxygen atoms in total. The number of methoxy groups -OCH3 is 1. The van der Waals surface area contributed by atoms with Gasteiger partial charge in [0.05, 0.1) is 29.6 Å². The number of carbonyl (C=O) groups excluding carboxylic acids is 1. The summed E-state index contributed by atoms with van der Waals surface area (Å²) in [6, 6.07) is 7.80. The van der Waals surface area contributed by atoms with Gasteiger partial charge < -0.3 is 14.0 Å². The number of aryl methyl sites for hydroxylation is 2. The quantitative estimate of drug-likeness (QED) is 0.584. The van der Waals surface area contributed by atoms with Crippen molar-refractivity contribution in [2.24, 2.45) is 4.99 Å². The highest BCUT2D eigenvalue weighted by Gasteiger charge is 2.11. The third-order valence-electron chi connectivity index (χ3n) is 4.16. The molecule has 0 N–H and O–H groups in total. The maximum atomic E-state index is 12.5. The SMILES string of the molecule is CCOCCn1c(=NC(=O)Cn2nc(C)cc2C)sc2cc(OC)ccc21. The van der Waals surface area contributed by atoms with E-state index in [9.17, 15) is 4.79 Å². The lowest BCUT2D eigenvalue weighted by atomic mass is 10.3. The van der Waals surface area contributed by atoms with Crippen LogP contribution in [0.25, 0.3) is 10.2 Å². The minimum Gasteiger partial charge on any atom is -0.497 e. The van der Waals surface area contributed by atoms with Gasteiger partial charge in [-0.25, -0.2) is 0 Å². The van der Waals surface area contributed by atoms with Gasteiger partial charge in [0.1, 0.15) is 12.3 Å². The minimum atomic E-state index is -0.232. The van der Waals surface area contributed by atoms with E-state index < -0.39 is 0 Å². The van der Waals surface area contributed by atoms with Crippen LogP contribution in [0.4, 0.5) is 0 Å². The number of rotatable bonds is 7. The number of fused-ring (bicyclic) bond motifs is 1. The van der Waals surface area contributed by atoms with E-state index in [2.05, 4.69) is 10.1 Å². The van der Waals surface area contributed by atoms with E-state index in [0.29, 0.717) is 24.6 Å². The van der Waals surface area contributed by atoms with Crippen molar-refractivity contribution < 1.29 is 14.3 Å². The van der Waals surface area contributed by atoms with Crippen LogP contribution in [0.2, 0.25) is 0 Å². The van der Waals surface area contributed by atoms with Gasteiger partial charge in [-0.15, -0.1) is 0 Å². The van der Waals surface area contributed by atoms with Gasteiger partial charge >= 0.3 is 0 Å². The van der Waals surface area contributed by atoms with E-state index in [4.69, 9.17) is 9.47 Å². The van der Waals surface area contributed by atoms with Crippen LogP contribution in [0.15, 0.2) is 29.3 Å². The first-order chi connectivity index (χ1) is 13.0. The Morgan fingerprint density at radius 3 is 2.78 bits per heavy atom. The topological polar surface area (TPSA) is 70.6 Å². The molecule has 144 valence electrons. The van der Waals surface area contributed by atoms with E-state index in [1.807, 2.05) is 49.6 Å². The van der Waals surface area contributed by atoms with Crippen LogP contribution in [0.5, 0.6) is 5.75 Å². The Labute approximate surface area is 161 Å². The third-order valence-corrected chi connectivity index (χ3v) is 5.20. The lowest BCUT2D eigenvalue weighted by molar-refractivity contribution is -0.118. The van der Waals surface area contributed by atoms with Crippen molar-refractivity contribution in [2.45, 2.75) is 33.9 Å². The van der Waals surface area contributed by atoms with Gasteiger partial charge in [0.2, 0.25) is 0 Å². The molecule has 2 heterocycles. The van der Waals surface area contributed by atoms with Crippen LogP contribution < -0.4 is 9.54 Å². The fourth-order valence-electron chi connectivity index (χ4n) is 2.89. The van der Waals surface area contributed by atoms with E-state index in [0.717, 1.165) is 27.4 Å². The van der Waals surface area contributed by atoms with Gasteiger partial charge in [-0.2, -0.15) is 10.1 Å². The monoisotopic (exact) mass is 388 g/mol. The Morgan fingerprint density at radius 1 is 1.30 bits per heavy atom. The highest BCUT2D eigenvalue weighted by atomic mass is 32.1.